The van der Waals surface area contributed by atoms with Gasteiger partial charge in [0, 0.05) is 18.7 Å². The van der Waals surface area contributed by atoms with Gasteiger partial charge in [-0.15, -0.1) is 0 Å². The van der Waals surface area contributed by atoms with Gasteiger partial charge in [0.05, 0.1) is 11.6 Å². The van der Waals surface area contributed by atoms with Crippen molar-refractivity contribution in [2.24, 2.45) is 0 Å². The fourth-order valence-electron chi connectivity index (χ4n) is 4.99. The van der Waals surface area contributed by atoms with E-state index < -0.39 is 17.7 Å². The molecule has 188 valence electrons. The lowest BCUT2D eigenvalue weighted by molar-refractivity contribution is -0.140. The predicted octanol–water partition coefficient (Wildman–Crippen LogP) is 5.90. The van der Waals surface area contributed by atoms with Crippen LogP contribution in [-0.4, -0.2) is 52.8 Å². The van der Waals surface area contributed by atoms with Gasteiger partial charge in [-0.2, -0.15) is 0 Å². The van der Waals surface area contributed by atoms with Gasteiger partial charge in [-0.05, 0) is 40.4 Å². The molecular formula is C31H36N2O3. The molecule has 0 saturated carbocycles. The first-order chi connectivity index (χ1) is 17.2. The fourth-order valence-corrected chi connectivity index (χ4v) is 4.99. The Kier molecular flexibility index (Phi) is 7.32. The largest absolute Gasteiger partial charge is 0.507 e. The minimum absolute atomic E-state index is 0.0218. The average Bonchev–Trinajstić information content (AvgIpc) is 3.13. The number of carbonyl (C=O) groups is 2. The molecule has 0 radical (unpaired) electrons. The molecule has 0 aromatic heterocycles. The van der Waals surface area contributed by atoms with Gasteiger partial charge in [-0.25, -0.2) is 0 Å². The van der Waals surface area contributed by atoms with Crippen LogP contribution in [0.2, 0.25) is 0 Å². The number of hydrogen-bond acceptors (Lipinski definition) is 4. The van der Waals surface area contributed by atoms with Crippen LogP contribution in [0.5, 0.6) is 0 Å². The molecule has 5 nitrogen and oxygen atoms in total. The Morgan fingerprint density at radius 2 is 1.56 bits per heavy atom. The van der Waals surface area contributed by atoms with Gasteiger partial charge >= 0.3 is 0 Å². The van der Waals surface area contributed by atoms with Gasteiger partial charge in [0.1, 0.15) is 5.76 Å². The Balaban J connectivity index is 1.87. The maximum absolute atomic E-state index is 13.4. The first-order valence-electron chi connectivity index (χ1n) is 12.8. The highest BCUT2D eigenvalue weighted by molar-refractivity contribution is 6.46. The number of carbonyl (C=O) groups excluding carboxylic acids is 2. The third kappa shape index (κ3) is 4.80. The van der Waals surface area contributed by atoms with E-state index in [0.717, 1.165) is 29.4 Å². The lowest BCUT2D eigenvalue weighted by Gasteiger charge is -2.29. The number of amides is 1. The second-order valence-corrected chi connectivity index (χ2v) is 10.4. The maximum Gasteiger partial charge on any atom is 0.295 e. The Morgan fingerprint density at radius 3 is 2.19 bits per heavy atom. The van der Waals surface area contributed by atoms with Crippen LogP contribution in [0, 0.1) is 0 Å². The van der Waals surface area contributed by atoms with Gasteiger partial charge in [-0.3, -0.25) is 9.59 Å². The molecule has 1 amide bonds. The van der Waals surface area contributed by atoms with E-state index >= 15 is 0 Å². The normalized spacial score (nSPS) is 17.9. The summed E-state index contributed by atoms with van der Waals surface area (Å²) in [5.41, 5.74) is 2.68. The van der Waals surface area contributed by atoms with Crippen LogP contribution in [0.1, 0.15) is 57.4 Å². The average molecular weight is 485 g/mol. The van der Waals surface area contributed by atoms with Crippen LogP contribution >= 0.6 is 0 Å². The van der Waals surface area contributed by atoms with Crippen LogP contribution in [0.25, 0.3) is 16.5 Å². The van der Waals surface area contributed by atoms with E-state index in [4.69, 9.17) is 0 Å². The zero-order chi connectivity index (χ0) is 26.0. The van der Waals surface area contributed by atoms with E-state index in [1.165, 1.54) is 5.56 Å². The molecule has 1 fully saturated rings. The number of aliphatic hydroxyl groups is 1. The van der Waals surface area contributed by atoms with Crippen molar-refractivity contribution in [3.8, 4) is 0 Å². The molecule has 1 unspecified atom stereocenters. The summed E-state index contributed by atoms with van der Waals surface area (Å²) < 4.78 is 0. The molecule has 1 N–H and O–H groups in total. The summed E-state index contributed by atoms with van der Waals surface area (Å²) in [5.74, 6) is -1.32. The molecule has 1 saturated heterocycles. The predicted molar refractivity (Wildman–Crippen MR) is 146 cm³/mol. The molecule has 1 atom stereocenters. The van der Waals surface area contributed by atoms with Crippen molar-refractivity contribution >= 4 is 28.2 Å². The third-order valence-electron chi connectivity index (χ3n) is 7.23. The monoisotopic (exact) mass is 484 g/mol. The lowest BCUT2D eigenvalue weighted by Crippen LogP contribution is -2.38. The number of fused-ring (bicyclic) bond motifs is 1. The summed E-state index contributed by atoms with van der Waals surface area (Å²) in [6.07, 6.45) is 0. The summed E-state index contributed by atoms with van der Waals surface area (Å²) in [5, 5.41) is 13.4. The number of rotatable bonds is 7. The van der Waals surface area contributed by atoms with E-state index in [-0.39, 0.29) is 16.7 Å². The van der Waals surface area contributed by atoms with Crippen LogP contribution < -0.4 is 0 Å². The van der Waals surface area contributed by atoms with Gasteiger partial charge in [-0.1, -0.05) is 101 Å². The standard InChI is InChI=1S/C31H36N2O3/c1-6-32(7-2)19-20-33-27(22-15-17-23(18-16-22)31(3,4)5)26(29(35)30(33)36)28(34)25-14-10-12-21-11-8-9-13-24(21)25/h8-18,27,34H,6-7,19-20H2,1-5H3/b28-26-. The van der Waals surface area contributed by atoms with Crippen molar-refractivity contribution in [2.45, 2.75) is 46.1 Å². The molecule has 1 aliphatic heterocycles. The second kappa shape index (κ2) is 10.3. The molecule has 4 rings (SSSR count). The van der Waals surface area contributed by atoms with Gasteiger partial charge < -0.3 is 14.9 Å². The van der Waals surface area contributed by atoms with Crippen molar-refractivity contribution < 1.29 is 14.7 Å². The molecule has 5 heteroatoms. The number of likely N-dealkylation sites (N-methyl/N-ethyl adjacent to an activating group) is 1. The number of aliphatic hydroxyl groups excluding tert-OH is 1. The van der Waals surface area contributed by atoms with E-state index in [1.54, 1.807) is 11.0 Å². The fraction of sp³-hybridized carbons (Fsp3) is 0.355. The SMILES string of the molecule is CCN(CC)CCN1C(=O)C(=O)/C(=C(\O)c2cccc3ccccc23)C1c1ccc(C(C)(C)C)cc1. The van der Waals surface area contributed by atoms with Gasteiger partial charge in [0.25, 0.3) is 11.7 Å². The van der Waals surface area contributed by atoms with Crippen LogP contribution in [0.3, 0.4) is 0 Å². The molecule has 0 aliphatic carbocycles. The number of ketones is 1. The lowest BCUT2D eigenvalue weighted by atomic mass is 9.85. The van der Waals surface area contributed by atoms with Crippen LogP contribution in [0.4, 0.5) is 0 Å². The van der Waals surface area contributed by atoms with Crippen molar-refractivity contribution in [3.05, 3.63) is 89.0 Å². The zero-order valence-electron chi connectivity index (χ0n) is 21.9. The molecular weight excluding hydrogens is 448 g/mol. The Bertz CT molecular complexity index is 1290. The molecule has 0 bridgehead atoms. The number of Topliss-reactive ketones (excluding diaryl/α,β-unsaturated/α-hetero) is 1. The summed E-state index contributed by atoms with van der Waals surface area (Å²) >= 11 is 0. The molecule has 1 aliphatic rings. The zero-order valence-corrected chi connectivity index (χ0v) is 21.9. The van der Waals surface area contributed by atoms with E-state index in [0.29, 0.717) is 18.7 Å². The molecule has 3 aromatic rings. The third-order valence-corrected chi connectivity index (χ3v) is 7.23. The van der Waals surface area contributed by atoms with Gasteiger partial charge in [0.2, 0.25) is 0 Å². The highest BCUT2D eigenvalue weighted by Gasteiger charge is 2.46. The van der Waals surface area contributed by atoms with E-state index in [2.05, 4.69) is 51.7 Å². The van der Waals surface area contributed by atoms with E-state index in [9.17, 15) is 14.7 Å². The highest BCUT2D eigenvalue weighted by atomic mass is 16.3. The van der Waals surface area contributed by atoms with Crippen molar-refractivity contribution in [1.82, 2.24) is 9.80 Å². The van der Waals surface area contributed by atoms with Crippen molar-refractivity contribution in [1.29, 1.82) is 0 Å². The van der Waals surface area contributed by atoms with Crippen LogP contribution in [-0.2, 0) is 15.0 Å². The number of likely N-dealkylation sites (tertiary alicyclic amines) is 1. The smallest absolute Gasteiger partial charge is 0.295 e. The van der Waals surface area contributed by atoms with Crippen molar-refractivity contribution in [2.75, 3.05) is 26.2 Å². The number of benzene rings is 3. The molecule has 3 aromatic carbocycles. The Morgan fingerprint density at radius 1 is 0.917 bits per heavy atom. The summed E-state index contributed by atoms with van der Waals surface area (Å²) in [7, 11) is 0. The Hall–Kier alpha value is -3.44. The summed E-state index contributed by atoms with van der Waals surface area (Å²) in [6, 6.07) is 20.8. The molecule has 36 heavy (non-hydrogen) atoms. The summed E-state index contributed by atoms with van der Waals surface area (Å²) in [4.78, 5) is 30.6. The molecule has 1 heterocycles. The number of nitrogens with zero attached hydrogens (tertiary/aromatic N) is 2. The van der Waals surface area contributed by atoms with Gasteiger partial charge in [0.15, 0.2) is 0 Å². The highest BCUT2D eigenvalue weighted by Crippen LogP contribution is 2.41. The molecule has 0 spiro atoms. The van der Waals surface area contributed by atoms with Crippen LogP contribution in [0.15, 0.2) is 72.3 Å². The quantitative estimate of drug-likeness (QED) is 0.258. The first-order valence-corrected chi connectivity index (χ1v) is 12.8. The minimum atomic E-state index is -0.645. The number of hydrogen-bond donors (Lipinski definition) is 1. The topological polar surface area (TPSA) is 60.9 Å². The maximum atomic E-state index is 13.4. The minimum Gasteiger partial charge on any atom is -0.507 e. The van der Waals surface area contributed by atoms with Crippen molar-refractivity contribution in [3.63, 3.8) is 0 Å². The summed E-state index contributed by atoms with van der Waals surface area (Å²) in [6.45, 7) is 13.4. The first kappa shape index (κ1) is 25.6. The second-order valence-electron chi connectivity index (χ2n) is 10.4. The van der Waals surface area contributed by atoms with E-state index in [1.807, 2.05) is 48.5 Å². The Labute approximate surface area is 214 Å².